The van der Waals surface area contributed by atoms with Crippen LogP contribution in [-0.4, -0.2) is 5.91 Å². The van der Waals surface area contributed by atoms with Crippen LogP contribution in [0.1, 0.15) is 44.4 Å². The van der Waals surface area contributed by atoms with Gasteiger partial charge in [-0.2, -0.15) is 0 Å². The molecule has 0 unspecified atom stereocenters. The lowest BCUT2D eigenvalue weighted by molar-refractivity contribution is -0.121. The molecule has 0 radical (unpaired) electrons. The molecule has 0 aliphatic carbocycles. The molecule has 0 atom stereocenters. The van der Waals surface area contributed by atoms with Crippen molar-refractivity contribution >= 4 is 11.6 Å². The predicted molar refractivity (Wildman–Crippen MR) is 96.2 cm³/mol. The Morgan fingerprint density at radius 3 is 2.22 bits per heavy atom. The molecule has 1 aliphatic rings. The summed E-state index contributed by atoms with van der Waals surface area (Å²) in [7, 11) is 0. The van der Waals surface area contributed by atoms with Crippen molar-refractivity contribution in [2.75, 3.05) is 4.90 Å². The third-order valence-electron chi connectivity index (χ3n) is 3.63. The molecule has 118 valence electrons. The van der Waals surface area contributed by atoms with Gasteiger partial charge in [-0.3, -0.25) is 4.79 Å². The Hall–Kier alpha value is -2.53. The van der Waals surface area contributed by atoms with Crippen LogP contribution in [0.25, 0.3) is 0 Å². The molecule has 2 nitrogen and oxygen atoms in total. The molecule has 2 aromatic carbocycles. The summed E-state index contributed by atoms with van der Waals surface area (Å²) in [6.07, 6.45) is 0. The van der Waals surface area contributed by atoms with Gasteiger partial charge in [0.05, 0.1) is 12.2 Å². The maximum absolute atomic E-state index is 12.6. The molecule has 0 saturated heterocycles. The number of carbonyl (C=O) groups excluding carboxylic acids is 1. The Bertz CT molecular complexity index is 750. The van der Waals surface area contributed by atoms with Gasteiger partial charge in [0, 0.05) is 17.0 Å². The van der Waals surface area contributed by atoms with E-state index in [2.05, 4.69) is 11.8 Å². The summed E-state index contributed by atoms with van der Waals surface area (Å²) >= 11 is 0. The normalized spacial score (nSPS) is 11.8. The van der Waals surface area contributed by atoms with Crippen molar-refractivity contribution in [2.45, 2.75) is 34.2 Å². The van der Waals surface area contributed by atoms with Gasteiger partial charge in [-0.15, -0.1) is 0 Å². The maximum atomic E-state index is 12.6. The summed E-state index contributed by atoms with van der Waals surface area (Å²) < 4.78 is 0. The lowest BCUT2D eigenvalue weighted by Crippen LogP contribution is -2.34. The SMILES string of the molecule is CC.CC(C)C(=O)N1Cc2ccccc2C#Cc2ccccc21. The molecule has 0 saturated carbocycles. The average molecular weight is 305 g/mol. The second-order valence-corrected chi connectivity index (χ2v) is 5.50. The maximum Gasteiger partial charge on any atom is 0.229 e. The third kappa shape index (κ3) is 3.63. The molecule has 3 rings (SSSR count). The molecule has 0 fully saturated rings. The van der Waals surface area contributed by atoms with Crippen molar-refractivity contribution in [3.63, 3.8) is 0 Å². The minimum Gasteiger partial charge on any atom is -0.306 e. The van der Waals surface area contributed by atoms with Gasteiger partial charge in [0.2, 0.25) is 5.91 Å². The van der Waals surface area contributed by atoms with E-state index in [0.717, 1.165) is 22.4 Å². The van der Waals surface area contributed by atoms with Crippen LogP contribution >= 0.6 is 0 Å². The van der Waals surface area contributed by atoms with E-state index in [9.17, 15) is 4.79 Å². The third-order valence-corrected chi connectivity index (χ3v) is 3.63. The highest BCUT2D eigenvalue weighted by atomic mass is 16.2. The first-order chi connectivity index (χ1) is 11.2. The highest BCUT2D eigenvalue weighted by Gasteiger charge is 2.22. The zero-order chi connectivity index (χ0) is 16.8. The van der Waals surface area contributed by atoms with Crippen molar-refractivity contribution in [2.24, 2.45) is 5.92 Å². The summed E-state index contributed by atoms with van der Waals surface area (Å²) in [5.41, 5.74) is 3.89. The van der Waals surface area contributed by atoms with Crippen LogP contribution in [0.15, 0.2) is 48.5 Å². The van der Waals surface area contributed by atoms with E-state index in [1.807, 2.05) is 81.1 Å². The average Bonchev–Trinajstić information content (AvgIpc) is 2.58. The van der Waals surface area contributed by atoms with Crippen LogP contribution in [0.3, 0.4) is 0 Å². The Morgan fingerprint density at radius 2 is 1.52 bits per heavy atom. The van der Waals surface area contributed by atoms with Crippen molar-refractivity contribution in [3.8, 4) is 11.8 Å². The number of nitrogens with zero attached hydrogens (tertiary/aromatic N) is 1. The summed E-state index contributed by atoms with van der Waals surface area (Å²) in [6, 6.07) is 15.9. The first kappa shape index (κ1) is 16.8. The monoisotopic (exact) mass is 305 g/mol. The molecule has 1 amide bonds. The highest BCUT2D eigenvalue weighted by molar-refractivity contribution is 5.96. The van der Waals surface area contributed by atoms with Gasteiger partial charge in [0.15, 0.2) is 0 Å². The molecule has 23 heavy (non-hydrogen) atoms. The van der Waals surface area contributed by atoms with E-state index >= 15 is 0 Å². The molecule has 0 aromatic heterocycles. The summed E-state index contributed by atoms with van der Waals surface area (Å²) in [4.78, 5) is 14.5. The number of carbonyl (C=O) groups is 1. The van der Waals surface area contributed by atoms with Crippen molar-refractivity contribution < 1.29 is 4.79 Å². The Morgan fingerprint density at radius 1 is 0.957 bits per heavy atom. The van der Waals surface area contributed by atoms with Crippen LogP contribution in [0, 0.1) is 17.8 Å². The van der Waals surface area contributed by atoms with Gasteiger partial charge in [-0.1, -0.05) is 69.9 Å². The van der Waals surface area contributed by atoms with Gasteiger partial charge < -0.3 is 4.90 Å². The number of rotatable bonds is 1. The molecular formula is C21H23NO. The molecule has 0 bridgehead atoms. The van der Waals surface area contributed by atoms with Crippen molar-refractivity contribution in [3.05, 3.63) is 65.2 Å². The fourth-order valence-corrected chi connectivity index (χ4v) is 2.49. The number of hydrogen-bond donors (Lipinski definition) is 0. The topological polar surface area (TPSA) is 20.3 Å². The Balaban J connectivity index is 0.000000924. The van der Waals surface area contributed by atoms with Gasteiger partial charge in [0.1, 0.15) is 0 Å². The molecular weight excluding hydrogens is 282 g/mol. The number of anilines is 1. The summed E-state index contributed by atoms with van der Waals surface area (Å²) in [5, 5.41) is 0. The van der Waals surface area contributed by atoms with Crippen molar-refractivity contribution in [1.29, 1.82) is 0 Å². The van der Waals surface area contributed by atoms with Crippen LogP contribution in [0.2, 0.25) is 0 Å². The highest BCUT2D eigenvalue weighted by Crippen LogP contribution is 2.26. The van der Waals surface area contributed by atoms with E-state index in [1.54, 1.807) is 0 Å². The first-order valence-electron chi connectivity index (χ1n) is 8.17. The molecule has 1 heterocycles. The Labute approximate surface area is 139 Å². The fraction of sp³-hybridized carbons (Fsp3) is 0.286. The predicted octanol–water partition coefficient (Wildman–Crippen LogP) is 4.62. The molecule has 0 N–H and O–H groups in total. The van der Waals surface area contributed by atoms with E-state index in [-0.39, 0.29) is 11.8 Å². The van der Waals surface area contributed by atoms with Gasteiger partial charge in [-0.25, -0.2) is 0 Å². The van der Waals surface area contributed by atoms with Crippen molar-refractivity contribution in [1.82, 2.24) is 0 Å². The number of fused-ring (bicyclic) bond motifs is 2. The minimum absolute atomic E-state index is 0.0439. The van der Waals surface area contributed by atoms with Crippen LogP contribution in [0.5, 0.6) is 0 Å². The molecule has 2 heteroatoms. The minimum atomic E-state index is -0.0439. The first-order valence-corrected chi connectivity index (χ1v) is 8.17. The van der Waals surface area contributed by atoms with Crippen LogP contribution in [0.4, 0.5) is 5.69 Å². The van der Waals surface area contributed by atoms with Gasteiger partial charge in [-0.05, 0) is 23.8 Å². The van der Waals surface area contributed by atoms with E-state index < -0.39 is 0 Å². The zero-order valence-electron chi connectivity index (χ0n) is 14.3. The van der Waals surface area contributed by atoms with E-state index in [0.29, 0.717) is 6.54 Å². The van der Waals surface area contributed by atoms with Gasteiger partial charge in [0.25, 0.3) is 0 Å². The number of para-hydroxylation sites is 1. The second kappa shape index (κ2) is 7.65. The largest absolute Gasteiger partial charge is 0.306 e. The zero-order valence-corrected chi connectivity index (χ0v) is 14.3. The molecule has 2 aromatic rings. The van der Waals surface area contributed by atoms with Gasteiger partial charge >= 0.3 is 0 Å². The van der Waals surface area contributed by atoms with E-state index in [4.69, 9.17) is 0 Å². The van der Waals surface area contributed by atoms with Crippen LogP contribution in [-0.2, 0) is 11.3 Å². The Kier molecular flexibility index (Phi) is 5.60. The fourth-order valence-electron chi connectivity index (χ4n) is 2.49. The smallest absolute Gasteiger partial charge is 0.229 e. The lowest BCUT2D eigenvalue weighted by Gasteiger charge is -2.27. The molecule has 1 aliphatic heterocycles. The number of benzene rings is 2. The number of hydrogen-bond acceptors (Lipinski definition) is 1. The summed E-state index contributed by atoms with van der Waals surface area (Å²) in [5.74, 6) is 6.51. The quantitative estimate of drug-likeness (QED) is 0.704. The lowest BCUT2D eigenvalue weighted by atomic mass is 10.0. The summed E-state index contributed by atoms with van der Waals surface area (Å²) in [6.45, 7) is 8.43. The molecule has 0 spiro atoms. The van der Waals surface area contributed by atoms with Crippen LogP contribution < -0.4 is 4.90 Å². The number of amides is 1. The second-order valence-electron chi connectivity index (χ2n) is 5.50. The standard InChI is InChI=1S/C19H17NO.C2H6/c1-14(2)19(21)20-13-17-9-4-3-7-15(17)11-12-16-8-5-6-10-18(16)20;1-2/h3-10,14H,13H2,1-2H3;1-2H3. The van der Waals surface area contributed by atoms with E-state index in [1.165, 1.54) is 0 Å².